The molecule has 2 rings (SSSR count). The van der Waals surface area contributed by atoms with Crippen molar-refractivity contribution in [2.75, 3.05) is 5.32 Å². The molecule has 0 saturated carbocycles. The van der Waals surface area contributed by atoms with E-state index in [1.54, 1.807) is 24.3 Å². The van der Waals surface area contributed by atoms with Crippen molar-refractivity contribution in [3.63, 3.8) is 0 Å². The first kappa shape index (κ1) is 12.4. The lowest BCUT2D eigenvalue weighted by Crippen LogP contribution is -2.07. The number of phenols is 1. The summed E-state index contributed by atoms with van der Waals surface area (Å²) in [5, 5.41) is 12.1. The lowest BCUT2D eigenvalue weighted by molar-refractivity contribution is 0.475. The number of phenolic OH excluding ortho intramolecular Hbond substituents is 1. The highest BCUT2D eigenvalue weighted by molar-refractivity contribution is 5.47. The molecule has 0 bridgehead atoms. The Hall–Kier alpha value is -2.10. The zero-order valence-corrected chi connectivity index (χ0v) is 9.82. The van der Waals surface area contributed by atoms with Crippen LogP contribution in [0.15, 0.2) is 42.5 Å². The second-order valence-corrected chi connectivity index (χ2v) is 4.08. The van der Waals surface area contributed by atoms with E-state index in [-0.39, 0.29) is 17.5 Å². The molecular formula is C14H13F2NO. The van der Waals surface area contributed by atoms with E-state index in [0.29, 0.717) is 0 Å². The van der Waals surface area contributed by atoms with E-state index in [0.717, 1.165) is 11.6 Å². The van der Waals surface area contributed by atoms with Gasteiger partial charge in [0, 0.05) is 12.1 Å². The summed E-state index contributed by atoms with van der Waals surface area (Å²) < 4.78 is 26.2. The Kier molecular flexibility index (Phi) is 3.46. The van der Waals surface area contributed by atoms with Gasteiger partial charge in [-0.05, 0) is 36.8 Å². The van der Waals surface area contributed by atoms with Crippen LogP contribution < -0.4 is 5.32 Å². The standard InChI is InChI=1S/C14H13F2NO/c1-9(10-2-5-12(18)6-3-10)17-14-7-4-11(15)8-13(14)16/h2-9,17-18H,1H3. The predicted octanol–water partition coefficient (Wildman–Crippen LogP) is 3.84. The topological polar surface area (TPSA) is 32.3 Å². The van der Waals surface area contributed by atoms with E-state index >= 15 is 0 Å². The molecule has 2 N–H and O–H groups in total. The number of halogens is 2. The SMILES string of the molecule is CC(Nc1ccc(F)cc1F)c1ccc(O)cc1. The van der Waals surface area contributed by atoms with Crippen molar-refractivity contribution >= 4 is 5.69 Å². The molecule has 0 heterocycles. The summed E-state index contributed by atoms with van der Waals surface area (Å²) in [7, 11) is 0. The maximum atomic E-state index is 13.4. The molecule has 0 spiro atoms. The van der Waals surface area contributed by atoms with Crippen LogP contribution in [0.3, 0.4) is 0 Å². The number of nitrogens with one attached hydrogen (secondary N) is 1. The summed E-state index contributed by atoms with van der Waals surface area (Å²) >= 11 is 0. The molecule has 18 heavy (non-hydrogen) atoms. The first-order valence-corrected chi connectivity index (χ1v) is 5.57. The van der Waals surface area contributed by atoms with E-state index in [4.69, 9.17) is 0 Å². The number of benzene rings is 2. The van der Waals surface area contributed by atoms with Crippen LogP contribution in [-0.2, 0) is 0 Å². The van der Waals surface area contributed by atoms with Crippen LogP contribution in [0, 0.1) is 11.6 Å². The summed E-state index contributed by atoms with van der Waals surface area (Å²) in [4.78, 5) is 0. The van der Waals surface area contributed by atoms with Crippen molar-refractivity contribution in [1.82, 2.24) is 0 Å². The molecule has 2 aromatic carbocycles. The van der Waals surface area contributed by atoms with E-state index in [9.17, 15) is 13.9 Å². The Bertz CT molecular complexity index is 540. The van der Waals surface area contributed by atoms with Crippen LogP contribution in [0.1, 0.15) is 18.5 Å². The van der Waals surface area contributed by atoms with Crippen molar-refractivity contribution in [3.05, 3.63) is 59.7 Å². The fraction of sp³-hybridized carbons (Fsp3) is 0.143. The van der Waals surface area contributed by atoms with E-state index in [2.05, 4.69) is 5.32 Å². The lowest BCUT2D eigenvalue weighted by Gasteiger charge is -2.16. The minimum absolute atomic E-state index is 0.148. The van der Waals surface area contributed by atoms with Crippen molar-refractivity contribution in [1.29, 1.82) is 0 Å². The van der Waals surface area contributed by atoms with Crippen LogP contribution in [0.25, 0.3) is 0 Å². The van der Waals surface area contributed by atoms with Crippen molar-refractivity contribution in [2.45, 2.75) is 13.0 Å². The number of aromatic hydroxyl groups is 1. The maximum absolute atomic E-state index is 13.4. The third kappa shape index (κ3) is 2.77. The first-order valence-electron chi connectivity index (χ1n) is 5.57. The number of anilines is 1. The van der Waals surface area contributed by atoms with Gasteiger partial charge in [-0.25, -0.2) is 8.78 Å². The van der Waals surface area contributed by atoms with Crippen molar-refractivity contribution < 1.29 is 13.9 Å². The summed E-state index contributed by atoms with van der Waals surface area (Å²) in [6, 6.07) is 9.87. The Morgan fingerprint density at radius 2 is 1.72 bits per heavy atom. The van der Waals surface area contributed by atoms with Gasteiger partial charge >= 0.3 is 0 Å². The second kappa shape index (κ2) is 5.04. The molecule has 94 valence electrons. The molecule has 0 aliphatic carbocycles. The minimum Gasteiger partial charge on any atom is -0.508 e. The zero-order chi connectivity index (χ0) is 13.1. The van der Waals surface area contributed by atoms with E-state index < -0.39 is 11.6 Å². The quantitative estimate of drug-likeness (QED) is 0.866. The molecule has 1 atom stereocenters. The van der Waals surface area contributed by atoms with Gasteiger partial charge in [-0.1, -0.05) is 12.1 Å². The molecule has 0 fully saturated rings. The summed E-state index contributed by atoms with van der Waals surface area (Å²) in [5.41, 5.74) is 1.15. The molecule has 0 radical (unpaired) electrons. The van der Waals surface area contributed by atoms with E-state index in [1.807, 2.05) is 6.92 Å². The van der Waals surface area contributed by atoms with Gasteiger partial charge in [0.2, 0.25) is 0 Å². The van der Waals surface area contributed by atoms with E-state index in [1.165, 1.54) is 12.1 Å². The van der Waals surface area contributed by atoms with Gasteiger partial charge in [0.15, 0.2) is 0 Å². The van der Waals surface area contributed by atoms with Gasteiger partial charge < -0.3 is 10.4 Å². The molecule has 2 aromatic rings. The average molecular weight is 249 g/mol. The number of rotatable bonds is 3. The Morgan fingerprint density at radius 3 is 2.33 bits per heavy atom. The lowest BCUT2D eigenvalue weighted by atomic mass is 10.1. The van der Waals surface area contributed by atoms with Crippen LogP contribution >= 0.6 is 0 Å². The first-order chi connectivity index (χ1) is 8.56. The summed E-state index contributed by atoms with van der Waals surface area (Å²) in [5.74, 6) is -1.05. The molecule has 0 saturated heterocycles. The largest absolute Gasteiger partial charge is 0.508 e. The summed E-state index contributed by atoms with van der Waals surface area (Å²) in [6.07, 6.45) is 0. The van der Waals surface area contributed by atoms with Crippen molar-refractivity contribution in [3.8, 4) is 5.75 Å². The van der Waals surface area contributed by atoms with Gasteiger partial charge in [0.25, 0.3) is 0 Å². The smallest absolute Gasteiger partial charge is 0.149 e. The zero-order valence-electron chi connectivity index (χ0n) is 9.82. The molecule has 1 unspecified atom stereocenters. The molecule has 0 aliphatic heterocycles. The number of hydrogen-bond acceptors (Lipinski definition) is 2. The van der Waals surface area contributed by atoms with Gasteiger partial charge in [-0.2, -0.15) is 0 Å². The van der Waals surface area contributed by atoms with Crippen LogP contribution in [0.2, 0.25) is 0 Å². The molecule has 0 amide bonds. The molecule has 2 nitrogen and oxygen atoms in total. The minimum atomic E-state index is -0.624. The van der Waals surface area contributed by atoms with Crippen LogP contribution in [0.5, 0.6) is 5.75 Å². The fourth-order valence-electron chi connectivity index (χ4n) is 1.69. The highest BCUT2D eigenvalue weighted by Crippen LogP contribution is 2.23. The predicted molar refractivity (Wildman–Crippen MR) is 66.5 cm³/mol. The Balaban J connectivity index is 2.15. The molecule has 0 aliphatic rings. The Morgan fingerprint density at radius 1 is 1.06 bits per heavy atom. The highest BCUT2D eigenvalue weighted by atomic mass is 19.1. The Labute approximate surface area is 104 Å². The van der Waals surface area contributed by atoms with Crippen LogP contribution in [-0.4, -0.2) is 5.11 Å². The van der Waals surface area contributed by atoms with Gasteiger partial charge in [-0.15, -0.1) is 0 Å². The fourth-order valence-corrected chi connectivity index (χ4v) is 1.69. The van der Waals surface area contributed by atoms with Crippen molar-refractivity contribution in [2.24, 2.45) is 0 Å². The third-order valence-electron chi connectivity index (χ3n) is 2.70. The van der Waals surface area contributed by atoms with Crippen LogP contribution in [0.4, 0.5) is 14.5 Å². The normalized spacial score (nSPS) is 12.2. The maximum Gasteiger partial charge on any atom is 0.149 e. The monoisotopic (exact) mass is 249 g/mol. The van der Waals surface area contributed by atoms with Gasteiger partial charge in [0.05, 0.1) is 5.69 Å². The molecule has 0 aromatic heterocycles. The third-order valence-corrected chi connectivity index (χ3v) is 2.70. The molecule has 4 heteroatoms. The second-order valence-electron chi connectivity index (χ2n) is 4.08. The molecular weight excluding hydrogens is 236 g/mol. The van der Waals surface area contributed by atoms with Gasteiger partial charge in [0.1, 0.15) is 17.4 Å². The van der Waals surface area contributed by atoms with Gasteiger partial charge in [-0.3, -0.25) is 0 Å². The summed E-state index contributed by atoms with van der Waals surface area (Å²) in [6.45, 7) is 1.86. The highest BCUT2D eigenvalue weighted by Gasteiger charge is 2.09. The number of hydrogen-bond donors (Lipinski definition) is 2. The average Bonchev–Trinajstić information content (AvgIpc) is 2.33.